The van der Waals surface area contributed by atoms with Crippen molar-refractivity contribution in [2.24, 2.45) is 4.99 Å². The summed E-state index contributed by atoms with van der Waals surface area (Å²) in [5.41, 5.74) is 3.36. The third kappa shape index (κ3) is 1.48. The highest BCUT2D eigenvalue weighted by Crippen LogP contribution is 2.31. The summed E-state index contributed by atoms with van der Waals surface area (Å²) in [6.45, 7) is 0. The van der Waals surface area contributed by atoms with Gasteiger partial charge in [0.05, 0.1) is 0 Å². The van der Waals surface area contributed by atoms with Crippen LogP contribution in [0.25, 0.3) is 6.08 Å². The van der Waals surface area contributed by atoms with E-state index in [1.165, 1.54) is 5.57 Å². The van der Waals surface area contributed by atoms with Gasteiger partial charge in [-0.1, -0.05) is 18.2 Å². The maximum absolute atomic E-state index is 5.59. The van der Waals surface area contributed by atoms with E-state index < -0.39 is 0 Å². The van der Waals surface area contributed by atoms with E-state index in [1.54, 1.807) is 6.26 Å². The van der Waals surface area contributed by atoms with Crippen LogP contribution in [0.1, 0.15) is 18.4 Å². The molecule has 3 rings (SSSR count). The van der Waals surface area contributed by atoms with Gasteiger partial charge < -0.3 is 4.74 Å². The molecule has 0 unspecified atom stereocenters. The Morgan fingerprint density at radius 3 is 3.13 bits per heavy atom. The summed E-state index contributed by atoms with van der Waals surface area (Å²) in [5, 5.41) is 0. The standard InChI is InChI=1S/C13H11NO/c1-2-6-13-11(4-1)8-10-5-3-7-14-12(10)9-15-13/h1-2,4,6-9H,3,5H2. The average molecular weight is 197 g/mol. The van der Waals surface area contributed by atoms with Crippen LogP contribution in [0.3, 0.4) is 0 Å². The topological polar surface area (TPSA) is 21.6 Å². The Balaban J connectivity index is 2.14. The minimum atomic E-state index is 0.905. The lowest BCUT2D eigenvalue weighted by molar-refractivity contribution is 0.476. The lowest BCUT2D eigenvalue weighted by Gasteiger charge is -2.08. The molecule has 0 saturated carbocycles. The summed E-state index contributed by atoms with van der Waals surface area (Å²) in [6.07, 6.45) is 7.93. The molecule has 0 aromatic heterocycles. The molecule has 0 radical (unpaired) electrons. The molecular weight excluding hydrogens is 186 g/mol. The van der Waals surface area contributed by atoms with E-state index in [2.05, 4.69) is 17.1 Å². The lowest BCUT2D eigenvalue weighted by Crippen LogP contribution is -1.95. The molecule has 0 atom stereocenters. The average Bonchev–Trinajstić information content (AvgIpc) is 2.48. The van der Waals surface area contributed by atoms with Gasteiger partial charge in [-0.15, -0.1) is 0 Å². The number of nitrogens with zero attached hydrogens (tertiary/aromatic N) is 1. The number of allylic oxidation sites excluding steroid dienone is 1. The number of fused-ring (bicyclic) bond motifs is 2. The van der Waals surface area contributed by atoms with Gasteiger partial charge in [-0.05, 0) is 30.6 Å². The second kappa shape index (κ2) is 3.39. The van der Waals surface area contributed by atoms with Crippen molar-refractivity contribution in [1.29, 1.82) is 0 Å². The zero-order valence-electron chi connectivity index (χ0n) is 8.31. The molecular formula is C13H11NO. The first-order valence-electron chi connectivity index (χ1n) is 5.13. The van der Waals surface area contributed by atoms with Crippen LogP contribution in [-0.2, 0) is 0 Å². The van der Waals surface area contributed by atoms with E-state index in [1.807, 2.05) is 24.4 Å². The zero-order valence-corrected chi connectivity index (χ0v) is 8.31. The Morgan fingerprint density at radius 2 is 2.13 bits per heavy atom. The minimum Gasteiger partial charge on any atom is -0.462 e. The summed E-state index contributed by atoms with van der Waals surface area (Å²) >= 11 is 0. The molecule has 0 N–H and O–H groups in total. The van der Waals surface area contributed by atoms with Gasteiger partial charge in [0.1, 0.15) is 17.7 Å². The number of rotatable bonds is 0. The molecule has 1 aromatic rings. The van der Waals surface area contributed by atoms with Crippen LogP contribution in [-0.4, -0.2) is 6.21 Å². The van der Waals surface area contributed by atoms with Crippen molar-refractivity contribution >= 4 is 12.3 Å². The maximum Gasteiger partial charge on any atom is 0.133 e. The second-order valence-electron chi connectivity index (χ2n) is 3.68. The number of hydrogen-bond donors (Lipinski definition) is 0. The van der Waals surface area contributed by atoms with Crippen molar-refractivity contribution in [1.82, 2.24) is 0 Å². The van der Waals surface area contributed by atoms with Crippen LogP contribution in [0.15, 0.2) is 46.8 Å². The highest BCUT2D eigenvalue weighted by molar-refractivity contribution is 5.71. The predicted octanol–water partition coefficient (Wildman–Crippen LogP) is 3.17. The molecule has 2 heteroatoms. The first-order chi connectivity index (χ1) is 7.43. The summed E-state index contributed by atoms with van der Waals surface area (Å²) in [5.74, 6) is 0.905. The third-order valence-corrected chi connectivity index (χ3v) is 2.65. The summed E-state index contributed by atoms with van der Waals surface area (Å²) < 4.78 is 5.59. The van der Waals surface area contributed by atoms with E-state index >= 15 is 0 Å². The highest BCUT2D eigenvalue weighted by Gasteiger charge is 2.13. The normalized spacial score (nSPS) is 17.9. The van der Waals surface area contributed by atoms with Crippen molar-refractivity contribution in [3.63, 3.8) is 0 Å². The predicted molar refractivity (Wildman–Crippen MR) is 60.9 cm³/mol. The molecule has 74 valence electrons. The summed E-state index contributed by atoms with van der Waals surface area (Å²) in [4.78, 5) is 4.34. The molecule has 2 aliphatic heterocycles. The van der Waals surface area contributed by atoms with Gasteiger partial charge >= 0.3 is 0 Å². The zero-order chi connectivity index (χ0) is 10.1. The SMILES string of the molecule is C1=NC2=COc3ccccc3C=C2CC1. The Bertz CT molecular complexity index is 483. The van der Waals surface area contributed by atoms with Gasteiger partial charge in [0.25, 0.3) is 0 Å². The van der Waals surface area contributed by atoms with Crippen molar-refractivity contribution < 1.29 is 4.74 Å². The van der Waals surface area contributed by atoms with Crippen molar-refractivity contribution in [3.8, 4) is 5.75 Å². The number of benzene rings is 1. The third-order valence-electron chi connectivity index (χ3n) is 2.65. The maximum atomic E-state index is 5.59. The number of ether oxygens (including phenoxy) is 1. The van der Waals surface area contributed by atoms with E-state index in [0.29, 0.717) is 0 Å². The molecule has 2 aliphatic rings. The molecule has 0 spiro atoms. The van der Waals surface area contributed by atoms with Crippen LogP contribution in [0.4, 0.5) is 0 Å². The Hall–Kier alpha value is -1.83. The van der Waals surface area contributed by atoms with Crippen molar-refractivity contribution in [3.05, 3.63) is 47.4 Å². The molecule has 0 aliphatic carbocycles. The van der Waals surface area contributed by atoms with Gasteiger partial charge in [-0.3, -0.25) is 4.99 Å². The van der Waals surface area contributed by atoms with E-state index in [4.69, 9.17) is 4.74 Å². The molecule has 2 heterocycles. The van der Waals surface area contributed by atoms with Crippen LogP contribution in [0.2, 0.25) is 0 Å². The lowest BCUT2D eigenvalue weighted by atomic mass is 10.0. The molecule has 0 bridgehead atoms. The van der Waals surface area contributed by atoms with Crippen LogP contribution >= 0.6 is 0 Å². The Kier molecular flexibility index (Phi) is 1.91. The van der Waals surface area contributed by atoms with E-state index in [-0.39, 0.29) is 0 Å². The molecule has 0 saturated heterocycles. The van der Waals surface area contributed by atoms with Crippen molar-refractivity contribution in [2.45, 2.75) is 12.8 Å². The molecule has 0 amide bonds. The van der Waals surface area contributed by atoms with Crippen LogP contribution < -0.4 is 4.74 Å². The fraction of sp³-hybridized carbons (Fsp3) is 0.154. The summed E-state index contributed by atoms with van der Waals surface area (Å²) in [7, 11) is 0. The van der Waals surface area contributed by atoms with Crippen molar-refractivity contribution in [2.75, 3.05) is 0 Å². The Morgan fingerprint density at radius 1 is 1.20 bits per heavy atom. The van der Waals surface area contributed by atoms with E-state index in [0.717, 1.165) is 29.9 Å². The number of para-hydroxylation sites is 1. The van der Waals surface area contributed by atoms with Gasteiger partial charge in [0.15, 0.2) is 0 Å². The summed E-state index contributed by atoms with van der Waals surface area (Å²) in [6, 6.07) is 8.05. The van der Waals surface area contributed by atoms with E-state index in [9.17, 15) is 0 Å². The van der Waals surface area contributed by atoms with Gasteiger partial charge in [-0.2, -0.15) is 0 Å². The number of aliphatic imine (C=N–C) groups is 1. The quantitative estimate of drug-likeness (QED) is 0.626. The molecule has 1 aromatic carbocycles. The highest BCUT2D eigenvalue weighted by atomic mass is 16.5. The van der Waals surface area contributed by atoms with Crippen LogP contribution in [0, 0.1) is 0 Å². The fourth-order valence-electron chi connectivity index (χ4n) is 1.86. The molecule has 0 fully saturated rings. The monoisotopic (exact) mass is 197 g/mol. The number of hydrogen-bond acceptors (Lipinski definition) is 2. The first-order valence-corrected chi connectivity index (χ1v) is 5.13. The molecule has 2 nitrogen and oxygen atoms in total. The second-order valence-corrected chi connectivity index (χ2v) is 3.68. The fourth-order valence-corrected chi connectivity index (χ4v) is 1.86. The minimum absolute atomic E-state index is 0.905. The van der Waals surface area contributed by atoms with Crippen LogP contribution in [0.5, 0.6) is 5.75 Å². The Labute approximate surface area is 88.6 Å². The molecule has 15 heavy (non-hydrogen) atoms. The first kappa shape index (κ1) is 8.48. The smallest absolute Gasteiger partial charge is 0.133 e. The van der Waals surface area contributed by atoms with Gasteiger partial charge in [-0.25, -0.2) is 0 Å². The largest absolute Gasteiger partial charge is 0.462 e. The van der Waals surface area contributed by atoms with Gasteiger partial charge in [0.2, 0.25) is 0 Å². The van der Waals surface area contributed by atoms with Gasteiger partial charge in [0, 0.05) is 11.8 Å².